The Morgan fingerprint density at radius 1 is 1.37 bits per heavy atom. The van der Waals surface area contributed by atoms with Gasteiger partial charge in [-0.2, -0.15) is 17.0 Å². The second-order valence-corrected chi connectivity index (χ2v) is 7.16. The molecule has 0 saturated carbocycles. The van der Waals surface area contributed by atoms with Gasteiger partial charge in [0.25, 0.3) is 10.2 Å². The zero-order chi connectivity index (χ0) is 14.5. The van der Waals surface area contributed by atoms with Gasteiger partial charge in [0, 0.05) is 32.8 Å². The molecular weight excluding hydrogens is 266 g/mol. The van der Waals surface area contributed by atoms with Crippen LogP contribution in [0.25, 0.3) is 0 Å². The first-order chi connectivity index (χ1) is 8.93. The maximum absolute atomic E-state index is 12.6. The zero-order valence-electron chi connectivity index (χ0n) is 12.2. The Balaban J connectivity index is 2.71. The average Bonchev–Trinajstić information content (AvgIpc) is 2.38. The van der Waals surface area contributed by atoms with E-state index in [0.29, 0.717) is 38.7 Å². The van der Waals surface area contributed by atoms with Crippen LogP contribution >= 0.6 is 0 Å². The maximum atomic E-state index is 12.6. The van der Waals surface area contributed by atoms with E-state index < -0.39 is 10.2 Å². The van der Waals surface area contributed by atoms with E-state index >= 15 is 0 Å². The Labute approximate surface area is 117 Å². The molecule has 0 radical (unpaired) electrons. The molecule has 0 aromatic heterocycles. The summed E-state index contributed by atoms with van der Waals surface area (Å²) >= 11 is 0. The van der Waals surface area contributed by atoms with Gasteiger partial charge in [0.1, 0.15) is 0 Å². The van der Waals surface area contributed by atoms with E-state index in [4.69, 9.17) is 10.5 Å². The summed E-state index contributed by atoms with van der Waals surface area (Å²) < 4.78 is 33.3. The van der Waals surface area contributed by atoms with E-state index in [-0.39, 0.29) is 6.04 Å². The van der Waals surface area contributed by atoms with Gasteiger partial charge in [-0.25, -0.2) is 0 Å². The third-order valence-electron chi connectivity index (χ3n) is 3.62. The molecule has 1 aliphatic rings. The van der Waals surface area contributed by atoms with Crippen LogP contribution in [0.5, 0.6) is 0 Å². The van der Waals surface area contributed by atoms with Crippen molar-refractivity contribution in [1.82, 2.24) is 8.61 Å². The Morgan fingerprint density at radius 2 is 1.95 bits per heavy atom. The minimum absolute atomic E-state index is 0.0626. The van der Waals surface area contributed by atoms with Gasteiger partial charge < -0.3 is 10.5 Å². The molecule has 0 aromatic carbocycles. The van der Waals surface area contributed by atoms with E-state index in [2.05, 4.69) is 0 Å². The molecule has 6 nitrogen and oxygen atoms in total. The van der Waals surface area contributed by atoms with Crippen molar-refractivity contribution < 1.29 is 13.2 Å². The molecule has 0 amide bonds. The van der Waals surface area contributed by atoms with Crippen molar-refractivity contribution in [3.8, 4) is 0 Å². The third kappa shape index (κ3) is 4.39. The Hall–Kier alpha value is -0.210. The molecule has 0 unspecified atom stereocenters. The van der Waals surface area contributed by atoms with Crippen LogP contribution in [0.3, 0.4) is 0 Å². The van der Waals surface area contributed by atoms with Crippen LogP contribution in [0.4, 0.5) is 0 Å². The highest BCUT2D eigenvalue weighted by Gasteiger charge is 2.33. The van der Waals surface area contributed by atoms with Crippen LogP contribution in [0, 0.1) is 5.92 Å². The van der Waals surface area contributed by atoms with Crippen LogP contribution < -0.4 is 5.73 Å². The fourth-order valence-corrected chi connectivity index (χ4v) is 4.15. The summed E-state index contributed by atoms with van der Waals surface area (Å²) in [7, 11) is -1.80. The Kier molecular flexibility index (Phi) is 6.68. The Morgan fingerprint density at radius 3 is 2.37 bits per heavy atom. The number of nitrogens with two attached hydrogens (primary N) is 1. The Bertz CT molecular complexity index is 351. The van der Waals surface area contributed by atoms with E-state index in [9.17, 15) is 8.42 Å². The predicted molar refractivity (Wildman–Crippen MR) is 76.0 cm³/mol. The highest BCUT2D eigenvalue weighted by atomic mass is 32.2. The summed E-state index contributed by atoms with van der Waals surface area (Å²) in [5, 5.41) is 0. The molecule has 0 spiro atoms. The third-order valence-corrected chi connectivity index (χ3v) is 5.84. The molecule has 114 valence electrons. The topological polar surface area (TPSA) is 75.9 Å². The number of nitrogens with zero attached hydrogens (tertiary/aromatic N) is 2. The van der Waals surface area contributed by atoms with Crippen molar-refractivity contribution in [3.05, 3.63) is 0 Å². The summed E-state index contributed by atoms with van der Waals surface area (Å²) in [6, 6.07) is -0.0626. The quantitative estimate of drug-likeness (QED) is 0.730. The van der Waals surface area contributed by atoms with Crippen LogP contribution in [-0.4, -0.2) is 63.0 Å². The van der Waals surface area contributed by atoms with E-state index in [1.54, 1.807) is 11.4 Å². The summed E-state index contributed by atoms with van der Waals surface area (Å²) in [6.45, 7) is 6.37. The number of methoxy groups -OCH3 is 1. The van der Waals surface area contributed by atoms with Gasteiger partial charge in [-0.3, -0.25) is 0 Å². The summed E-state index contributed by atoms with van der Waals surface area (Å²) in [5.74, 6) is 0.456. The molecule has 1 heterocycles. The molecule has 0 atom stereocenters. The lowest BCUT2D eigenvalue weighted by atomic mass is 9.99. The van der Waals surface area contributed by atoms with Gasteiger partial charge in [-0.1, -0.05) is 0 Å². The van der Waals surface area contributed by atoms with Crippen molar-refractivity contribution >= 4 is 10.2 Å². The molecule has 1 rings (SSSR count). The van der Waals surface area contributed by atoms with Gasteiger partial charge in [-0.15, -0.1) is 0 Å². The lowest BCUT2D eigenvalue weighted by Crippen LogP contribution is -2.50. The molecule has 7 heteroatoms. The van der Waals surface area contributed by atoms with E-state index in [0.717, 1.165) is 12.8 Å². The zero-order valence-corrected chi connectivity index (χ0v) is 13.0. The first kappa shape index (κ1) is 16.8. The fourth-order valence-electron chi connectivity index (χ4n) is 2.35. The molecule has 1 saturated heterocycles. The summed E-state index contributed by atoms with van der Waals surface area (Å²) in [5.41, 5.74) is 5.64. The smallest absolute Gasteiger partial charge is 0.282 e. The number of hydrogen-bond acceptors (Lipinski definition) is 4. The molecule has 0 bridgehead atoms. The monoisotopic (exact) mass is 293 g/mol. The number of ether oxygens (including phenoxy) is 1. The second kappa shape index (κ2) is 7.54. The summed E-state index contributed by atoms with van der Waals surface area (Å²) in [4.78, 5) is 0. The molecule has 2 N–H and O–H groups in total. The SMILES string of the molecule is COCCN(C(C)C)S(=O)(=O)N1CCC(CN)CC1. The van der Waals surface area contributed by atoms with Crippen molar-refractivity contribution in [2.45, 2.75) is 32.7 Å². The van der Waals surface area contributed by atoms with Crippen LogP contribution in [-0.2, 0) is 14.9 Å². The van der Waals surface area contributed by atoms with Gasteiger partial charge >= 0.3 is 0 Å². The average molecular weight is 293 g/mol. The predicted octanol–water partition coefficient (Wildman–Crippen LogP) is 0.259. The lowest BCUT2D eigenvalue weighted by molar-refractivity contribution is 0.164. The molecule has 1 aliphatic heterocycles. The standard InChI is InChI=1S/C12H27N3O3S/c1-11(2)15(8-9-18-3)19(16,17)14-6-4-12(10-13)5-7-14/h11-12H,4-10,13H2,1-3H3. The molecule has 19 heavy (non-hydrogen) atoms. The van der Waals surface area contributed by atoms with Crippen LogP contribution in [0.2, 0.25) is 0 Å². The van der Waals surface area contributed by atoms with Gasteiger partial charge in [0.2, 0.25) is 0 Å². The number of rotatable bonds is 7. The van der Waals surface area contributed by atoms with Gasteiger partial charge in [0.15, 0.2) is 0 Å². The van der Waals surface area contributed by atoms with Gasteiger partial charge in [0.05, 0.1) is 6.61 Å². The number of hydrogen-bond donors (Lipinski definition) is 1. The molecular formula is C12H27N3O3S. The van der Waals surface area contributed by atoms with Crippen LogP contribution in [0.1, 0.15) is 26.7 Å². The van der Waals surface area contributed by atoms with Crippen molar-refractivity contribution in [1.29, 1.82) is 0 Å². The molecule has 0 aliphatic carbocycles. The number of piperidine rings is 1. The van der Waals surface area contributed by atoms with Crippen LogP contribution in [0.15, 0.2) is 0 Å². The molecule has 0 aromatic rings. The molecule has 1 fully saturated rings. The minimum Gasteiger partial charge on any atom is -0.383 e. The highest BCUT2D eigenvalue weighted by Crippen LogP contribution is 2.21. The second-order valence-electron chi connectivity index (χ2n) is 5.28. The maximum Gasteiger partial charge on any atom is 0.282 e. The van der Waals surface area contributed by atoms with Crippen molar-refractivity contribution in [3.63, 3.8) is 0 Å². The van der Waals surface area contributed by atoms with E-state index in [1.807, 2.05) is 13.8 Å². The van der Waals surface area contributed by atoms with Crippen molar-refractivity contribution in [2.24, 2.45) is 11.7 Å². The lowest BCUT2D eigenvalue weighted by Gasteiger charge is -2.36. The highest BCUT2D eigenvalue weighted by molar-refractivity contribution is 7.86. The largest absolute Gasteiger partial charge is 0.383 e. The first-order valence-corrected chi connectivity index (χ1v) is 8.29. The first-order valence-electron chi connectivity index (χ1n) is 6.89. The van der Waals surface area contributed by atoms with Gasteiger partial charge in [-0.05, 0) is 39.2 Å². The fraction of sp³-hybridized carbons (Fsp3) is 1.00. The van der Waals surface area contributed by atoms with Crippen molar-refractivity contribution in [2.75, 3.05) is 39.9 Å². The minimum atomic E-state index is -3.38. The summed E-state index contributed by atoms with van der Waals surface area (Å²) in [6.07, 6.45) is 1.71. The normalized spacial score (nSPS) is 19.5. The van der Waals surface area contributed by atoms with E-state index in [1.165, 1.54) is 4.31 Å².